The molecule has 0 saturated heterocycles. The predicted octanol–water partition coefficient (Wildman–Crippen LogP) is 14.5. The normalized spacial score (nSPS) is 10.5. The first kappa shape index (κ1) is 34.9. The van der Waals surface area contributed by atoms with Crippen molar-refractivity contribution in [2.45, 2.75) is 40.0 Å². The Labute approximate surface area is 304 Å². The highest BCUT2D eigenvalue weighted by atomic mass is 15.1. The van der Waals surface area contributed by atoms with Crippen LogP contribution in [0.2, 0.25) is 0 Å². The highest BCUT2D eigenvalue weighted by molar-refractivity contribution is 5.99. The van der Waals surface area contributed by atoms with Gasteiger partial charge in [0, 0.05) is 16.8 Å². The van der Waals surface area contributed by atoms with Crippen molar-refractivity contribution in [3.8, 4) is 11.1 Å². The summed E-state index contributed by atoms with van der Waals surface area (Å²) in [5.74, 6) is 0. The van der Waals surface area contributed by atoms with Gasteiger partial charge >= 0.3 is 0 Å². The SMILES string of the molecule is CCCCc1ccccc1.Cc1ccc(-c2ccc(N(c3ccccc3)c3cccc4ccccc34)cc2)cc1.Cc1cccc2ccccc12. The second-order valence-corrected chi connectivity index (χ2v) is 13.0. The molecule has 0 aromatic heterocycles. The predicted molar refractivity (Wildman–Crippen MR) is 223 cm³/mol. The van der Waals surface area contributed by atoms with Crippen LogP contribution < -0.4 is 4.90 Å². The maximum Gasteiger partial charge on any atom is 0.0540 e. The summed E-state index contributed by atoms with van der Waals surface area (Å²) in [6, 6.07) is 68.6. The molecule has 0 radical (unpaired) electrons. The van der Waals surface area contributed by atoms with Crippen LogP contribution in [-0.4, -0.2) is 0 Å². The maximum atomic E-state index is 2.33. The molecular formula is C50H47N. The van der Waals surface area contributed by atoms with Gasteiger partial charge in [-0.25, -0.2) is 0 Å². The van der Waals surface area contributed by atoms with Gasteiger partial charge in [0.25, 0.3) is 0 Å². The van der Waals surface area contributed by atoms with Crippen LogP contribution >= 0.6 is 0 Å². The van der Waals surface area contributed by atoms with Crippen LogP contribution in [0.1, 0.15) is 36.5 Å². The Bertz CT molecular complexity index is 2220. The molecule has 0 N–H and O–H groups in total. The van der Waals surface area contributed by atoms with Gasteiger partial charge in [-0.05, 0) is 95.4 Å². The van der Waals surface area contributed by atoms with Crippen molar-refractivity contribution in [1.82, 2.24) is 0 Å². The minimum Gasteiger partial charge on any atom is -0.310 e. The van der Waals surface area contributed by atoms with Gasteiger partial charge in [-0.2, -0.15) is 0 Å². The largest absolute Gasteiger partial charge is 0.310 e. The molecule has 8 aromatic carbocycles. The quantitative estimate of drug-likeness (QED) is 0.164. The van der Waals surface area contributed by atoms with E-state index in [0.29, 0.717) is 0 Å². The maximum absolute atomic E-state index is 2.33. The first-order chi connectivity index (χ1) is 25.1. The number of para-hydroxylation sites is 1. The number of fused-ring (bicyclic) bond motifs is 2. The monoisotopic (exact) mass is 661 g/mol. The van der Waals surface area contributed by atoms with E-state index in [0.717, 1.165) is 11.4 Å². The fourth-order valence-electron chi connectivity index (χ4n) is 6.37. The van der Waals surface area contributed by atoms with E-state index in [9.17, 15) is 0 Å². The van der Waals surface area contributed by atoms with E-state index in [-0.39, 0.29) is 0 Å². The zero-order valence-electron chi connectivity index (χ0n) is 30.0. The van der Waals surface area contributed by atoms with E-state index in [1.807, 2.05) is 0 Å². The minimum absolute atomic E-state index is 1.15. The fourth-order valence-corrected chi connectivity index (χ4v) is 6.37. The fraction of sp³-hybridized carbons (Fsp3) is 0.120. The average molecular weight is 662 g/mol. The molecule has 0 aliphatic carbocycles. The molecule has 0 saturated carbocycles. The lowest BCUT2D eigenvalue weighted by Gasteiger charge is -2.27. The Hall–Kier alpha value is -5.92. The lowest BCUT2D eigenvalue weighted by atomic mass is 10.0. The molecule has 0 atom stereocenters. The Morgan fingerprint density at radius 1 is 0.412 bits per heavy atom. The lowest BCUT2D eigenvalue weighted by Crippen LogP contribution is -2.10. The topological polar surface area (TPSA) is 3.24 Å². The second kappa shape index (κ2) is 17.7. The number of aryl methyl sites for hydroxylation is 3. The molecule has 0 fully saturated rings. The smallest absolute Gasteiger partial charge is 0.0540 e. The molecule has 1 heteroatoms. The number of unbranched alkanes of at least 4 members (excludes halogenated alkanes) is 1. The molecule has 0 bridgehead atoms. The van der Waals surface area contributed by atoms with Crippen LogP contribution in [0.3, 0.4) is 0 Å². The van der Waals surface area contributed by atoms with Gasteiger partial charge in [-0.3, -0.25) is 0 Å². The van der Waals surface area contributed by atoms with Crippen LogP contribution in [-0.2, 0) is 6.42 Å². The second-order valence-electron chi connectivity index (χ2n) is 13.0. The number of hydrogen-bond acceptors (Lipinski definition) is 1. The molecule has 0 spiro atoms. The third-order valence-corrected chi connectivity index (χ3v) is 9.20. The van der Waals surface area contributed by atoms with Gasteiger partial charge in [0.15, 0.2) is 0 Å². The number of anilines is 3. The van der Waals surface area contributed by atoms with Gasteiger partial charge in [0.05, 0.1) is 5.69 Å². The standard InChI is InChI=1S/C29H23N.C11H10.C10H14/c1-22-14-16-23(17-15-22)24-18-20-27(21-19-24)30(26-10-3-2-4-11-26)29-13-7-9-25-8-5-6-12-28(25)29;1-9-5-4-7-10-6-2-3-8-11(9)10;1-2-3-7-10-8-5-4-6-9-10/h2-21H,1H3;2-8H,1H3;4-6,8-9H,2-3,7H2,1H3. The van der Waals surface area contributed by atoms with Gasteiger partial charge in [0.2, 0.25) is 0 Å². The molecule has 0 aliphatic rings. The molecule has 0 amide bonds. The Morgan fingerprint density at radius 3 is 1.53 bits per heavy atom. The molecule has 8 rings (SSSR count). The van der Waals surface area contributed by atoms with E-state index >= 15 is 0 Å². The van der Waals surface area contributed by atoms with Crippen LogP contribution in [0, 0.1) is 13.8 Å². The van der Waals surface area contributed by atoms with Crippen molar-refractivity contribution < 1.29 is 0 Å². The summed E-state index contributed by atoms with van der Waals surface area (Å²) < 4.78 is 0. The summed E-state index contributed by atoms with van der Waals surface area (Å²) in [7, 11) is 0. The molecule has 252 valence electrons. The molecular weight excluding hydrogens is 615 g/mol. The minimum atomic E-state index is 1.15. The Kier molecular flexibility index (Phi) is 12.1. The van der Waals surface area contributed by atoms with Crippen LogP contribution in [0.4, 0.5) is 17.1 Å². The summed E-state index contributed by atoms with van der Waals surface area (Å²) in [4.78, 5) is 2.33. The summed E-state index contributed by atoms with van der Waals surface area (Å²) in [6.07, 6.45) is 3.83. The first-order valence-electron chi connectivity index (χ1n) is 18.1. The number of hydrogen-bond donors (Lipinski definition) is 0. The summed E-state index contributed by atoms with van der Waals surface area (Å²) >= 11 is 0. The van der Waals surface area contributed by atoms with Gasteiger partial charge in [-0.1, -0.05) is 183 Å². The van der Waals surface area contributed by atoms with Crippen LogP contribution in [0.25, 0.3) is 32.7 Å². The molecule has 1 nitrogen and oxygen atoms in total. The molecule has 0 heterocycles. The highest BCUT2D eigenvalue weighted by Crippen LogP contribution is 2.39. The number of benzene rings is 8. The highest BCUT2D eigenvalue weighted by Gasteiger charge is 2.15. The summed E-state index contributed by atoms with van der Waals surface area (Å²) in [5, 5.41) is 5.17. The number of rotatable bonds is 7. The molecule has 8 aromatic rings. The van der Waals surface area contributed by atoms with Crippen LogP contribution in [0.15, 0.2) is 194 Å². The molecule has 0 aliphatic heterocycles. The van der Waals surface area contributed by atoms with Crippen molar-refractivity contribution in [3.05, 3.63) is 211 Å². The summed E-state index contributed by atoms with van der Waals surface area (Å²) in [6.45, 7) is 6.49. The van der Waals surface area contributed by atoms with E-state index in [1.54, 1.807) is 0 Å². The van der Waals surface area contributed by atoms with E-state index < -0.39 is 0 Å². The van der Waals surface area contributed by atoms with Gasteiger partial charge in [-0.15, -0.1) is 0 Å². The lowest BCUT2D eigenvalue weighted by molar-refractivity contribution is 0.795. The van der Waals surface area contributed by atoms with Crippen LogP contribution in [0.5, 0.6) is 0 Å². The Balaban J connectivity index is 0.000000173. The summed E-state index contributed by atoms with van der Waals surface area (Å²) in [5.41, 5.74) is 10.0. The van der Waals surface area contributed by atoms with Crippen molar-refractivity contribution >= 4 is 38.6 Å². The average Bonchev–Trinajstić information content (AvgIpc) is 3.19. The zero-order chi connectivity index (χ0) is 35.3. The Morgan fingerprint density at radius 2 is 0.902 bits per heavy atom. The zero-order valence-corrected chi connectivity index (χ0v) is 30.0. The van der Waals surface area contributed by atoms with Crippen molar-refractivity contribution in [3.63, 3.8) is 0 Å². The third kappa shape index (κ3) is 9.21. The van der Waals surface area contributed by atoms with Gasteiger partial charge in [0.1, 0.15) is 0 Å². The van der Waals surface area contributed by atoms with Gasteiger partial charge < -0.3 is 4.90 Å². The molecule has 0 unspecified atom stereocenters. The third-order valence-electron chi connectivity index (χ3n) is 9.20. The number of nitrogens with zero attached hydrogens (tertiary/aromatic N) is 1. The molecule has 51 heavy (non-hydrogen) atoms. The van der Waals surface area contributed by atoms with Crippen molar-refractivity contribution in [1.29, 1.82) is 0 Å². The first-order valence-corrected chi connectivity index (χ1v) is 18.1. The van der Waals surface area contributed by atoms with E-state index in [2.05, 4.69) is 220 Å². The van der Waals surface area contributed by atoms with E-state index in [4.69, 9.17) is 0 Å². The van der Waals surface area contributed by atoms with Crippen molar-refractivity contribution in [2.24, 2.45) is 0 Å². The van der Waals surface area contributed by atoms with Crippen molar-refractivity contribution in [2.75, 3.05) is 4.90 Å². The van der Waals surface area contributed by atoms with E-state index in [1.165, 1.54) is 74.3 Å².